The molecular formula is C19H16FNO5. The second-order valence-electron chi connectivity index (χ2n) is 5.47. The standard InChI is InChI=1S/C19H16FNO5/c1-24-10-15-14-7-2-3-8-16(14)26-18(15)19(23)25-11-17(22)21-13-6-4-5-12(20)9-13/h2-9H,10-11H2,1H3,(H,21,22). The van der Waals surface area contributed by atoms with Gasteiger partial charge in [0.15, 0.2) is 6.61 Å². The van der Waals surface area contributed by atoms with E-state index in [0.717, 1.165) is 11.5 Å². The van der Waals surface area contributed by atoms with Gasteiger partial charge in [-0.2, -0.15) is 0 Å². The van der Waals surface area contributed by atoms with Crippen molar-refractivity contribution in [1.29, 1.82) is 0 Å². The van der Waals surface area contributed by atoms with Gasteiger partial charge in [-0.3, -0.25) is 4.79 Å². The number of hydrogen-bond donors (Lipinski definition) is 1. The highest BCUT2D eigenvalue weighted by Crippen LogP contribution is 2.27. The fourth-order valence-corrected chi connectivity index (χ4v) is 2.51. The van der Waals surface area contributed by atoms with Crippen LogP contribution in [0, 0.1) is 5.82 Å². The first kappa shape index (κ1) is 17.6. The Morgan fingerprint density at radius 3 is 2.73 bits per heavy atom. The van der Waals surface area contributed by atoms with E-state index in [1.54, 1.807) is 18.2 Å². The molecule has 1 N–H and O–H groups in total. The minimum absolute atomic E-state index is 0.00777. The molecule has 7 heteroatoms. The molecule has 0 spiro atoms. The second-order valence-corrected chi connectivity index (χ2v) is 5.47. The maximum atomic E-state index is 13.1. The number of carbonyl (C=O) groups is 2. The number of rotatable bonds is 6. The van der Waals surface area contributed by atoms with Gasteiger partial charge in [-0.15, -0.1) is 0 Å². The van der Waals surface area contributed by atoms with Crippen molar-refractivity contribution in [2.75, 3.05) is 19.0 Å². The lowest BCUT2D eigenvalue weighted by Crippen LogP contribution is -2.21. The normalized spacial score (nSPS) is 10.7. The van der Waals surface area contributed by atoms with Gasteiger partial charge in [0.05, 0.1) is 6.61 Å². The highest BCUT2D eigenvalue weighted by atomic mass is 19.1. The number of carbonyl (C=O) groups excluding carboxylic acids is 2. The molecule has 0 saturated carbocycles. The Labute approximate surface area is 148 Å². The predicted octanol–water partition coefficient (Wildman–Crippen LogP) is 3.51. The monoisotopic (exact) mass is 357 g/mol. The number of benzene rings is 2. The van der Waals surface area contributed by atoms with Crippen LogP contribution in [-0.2, 0) is 20.9 Å². The third-order valence-electron chi connectivity index (χ3n) is 3.62. The fourth-order valence-electron chi connectivity index (χ4n) is 2.51. The Morgan fingerprint density at radius 2 is 1.96 bits per heavy atom. The van der Waals surface area contributed by atoms with Gasteiger partial charge in [-0.05, 0) is 24.3 Å². The van der Waals surface area contributed by atoms with Crippen molar-refractivity contribution in [2.24, 2.45) is 0 Å². The number of para-hydroxylation sites is 1. The number of ether oxygens (including phenoxy) is 2. The lowest BCUT2D eigenvalue weighted by atomic mass is 10.1. The molecule has 1 amide bonds. The zero-order valence-corrected chi connectivity index (χ0v) is 14.0. The van der Waals surface area contributed by atoms with Gasteiger partial charge < -0.3 is 19.2 Å². The number of halogens is 1. The highest BCUT2D eigenvalue weighted by Gasteiger charge is 2.22. The molecule has 6 nitrogen and oxygen atoms in total. The van der Waals surface area contributed by atoms with Crippen molar-refractivity contribution < 1.29 is 27.9 Å². The molecule has 1 aromatic heterocycles. The van der Waals surface area contributed by atoms with Crippen LogP contribution in [0.25, 0.3) is 11.0 Å². The quantitative estimate of drug-likeness (QED) is 0.683. The third-order valence-corrected chi connectivity index (χ3v) is 3.62. The lowest BCUT2D eigenvalue weighted by molar-refractivity contribution is -0.119. The SMILES string of the molecule is COCc1c(C(=O)OCC(=O)Nc2cccc(F)c2)oc2ccccc12. The molecule has 0 aliphatic heterocycles. The summed E-state index contributed by atoms with van der Waals surface area (Å²) in [5.41, 5.74) is 1.35. The molecular weight excluding hydrogens is 341 g/mol. The van der Waals surface area contributed by atoms with E-state index in [4.69, 9.17) is 13.9 Å². The topological polar surface area (TPSA) is 77.8 Å². The van der Waals surface area contributed by atoms with Gasteiger partial charge in [-0.25, -0.2) is 9.18 Å². The number of anilines is 1. The molecule has 0 saturated heterocycles. The molecule has 0 radical (unpaired) electrons. The molecule has 1 heterocycles. The van der Waals surface area contributed by atoms with Crippen LogP contribution in [0.2, 0.25) is 0 Å². The Bertz CT molecular complexity index is 950. The van der Waals surface area contributed by atoms with Crippen LogP contribution in [0.4, 0.5) is 10.1 Å². The molecule has 3 aromatic rings. The van der Waals surface area contributed by atoms with Crippen LogP contribution in [-0.4, -0.2) is 25.6 Å². The van der Waals surface area contributed by atoms with E-state index in [1.165, 1.54) is 25.3 Å². The van der Waals surface area contributed by atoms with Gasteiger partial charge in [0.25, 0.3) is 5.91 Å². The maximum absolute atomic E-state index is 13.1. The van der Waals surface area contributed by atoms with E-state index in [2.05, 4.69) is 5.32 Å². The molecule has 0 fully saturated rings. The minimum Gasteiger partial charge on any atom is -0.450 e. The average molecular weight is 357 g/mol. The van der Waals surface area contributed by atoms with Crippen LogP contribution in [0.5, 0.6) is 0 Å². The van der Waals surface area contributed by atoms with E-state index in [-0.39, 0.29) is 18.1 Å². The van der Waals surface area contributed by atoms with Crippen molar-refractivity contribution in [3.8, 4) is 0 Å². The second kappa shape index (κ2) is 7.79. The molecule has 3 rings (SSSR count). The van der Waals surface area contributed by atoms with E-state index in [1.807, 2.05) is 6.07 Å². The zero-order chi connectivity index (χ0) is 18.5. The number of amides is 1. The summed E-state index contributed by atoms with van der Waals surface area (Å²) in [6.45, 7) is -0.365. The molecule has 0 bridgehead atoms. The van der Waals surface area contributed by atoms with Crippen LogP contribution >= 0.6 is 0 Å². The first-order chi connectivity index (χ1) is 12.6. The number of nitrogens with one attached hydrogen (secondary N) is 1. The van der Waals surface area contributed by atoms with Crippen molar-refractivity contribution in [1.82, 2.24) is 0 Å². The summed E-state index contributed by atoms with van der Waals surface area (Å²) in [5.74, 6) is -1.85. The van der Waals surface area contributed by atoms with Gasteiger partial charge in [0.2, 0.25) is 5.76 Å². The number of methoxy groups -OCH3 is 1. The number of fused-ring (bicyclic) bond motifs is 1. The smallest absolute Gasteiger partial charge is 0.375 e. The summed E-state index contributed by atoms with van der Waals surface area (Å²) in [7, 11) is 1.50. The van der Waals surface area contributed by atoms with Crippen molar-refractivity contribution in [3.05, 3.63) is 65.7 Å². The predicted molar refractivity (Wildman–Crippen MR) is 92.2 cm³/mol. The third kappa shape index (κ3) is 3.89. The van der Waals surface area contributed by atoms with Gasteiger partial charge in [0.1, 0.15) is 11.4 Å². The van der Waals surface area contributed by atoms with E-state index in [9.17, 15) is 14.0 Å². The molecule has 134 valence electrons. The Hall–Kier alpha value is -3.19. The maximum Gasteiger partial charge on any atom is 0.375 e. The van der Waals surface area contributed by atoms with E-state index >= 15 is 0 Å². The van der Waals surface area contributed by atoms with E-state index in [0.29, 0.717) is 11.1 Å². The summed E-state index contributed by atoms with van der Waals surface area (Å²) in [6, 6.07) is 12.5. The van der Waals surface area contributed by atoms with Gasteiger partial charge in [-0.1, -0.05) is 24.3 Å². The van der Waals surface area contributed by atoms with E-state index < -0.39 is 24.3 Å². The van der Waals surface area contributed by atoms with Crippen LogP contribution in [0.1, 0.15) is 16.1 Å². The van der Waals surface area contributed by atoms with Crippen LogP contribution in [0.15, 0.2) is 52.9 Å². The summed E-state index contributed by atoms with van der Waals surface area (Å²) >= 11 is 0. The summed E-state index contributed by atoms with van der Waals surface area (Å²) in [6.07, 6.45) is 0. The summed E-state index contributed by atoms with van der Waals surface area (Å²) in [4.78, 5) is 24.2. The minimum atomic E-state index is -0.775. The Balaban J connectivity index is 1.69. The summed E-state index contributed by atoms with van der Waals surface area (Å²) < 4.78 is 28.8. The summed E-state index contributed by atoms with van der Waals surface area (Å²) in [5, 5.41) is 3.19. The number of furan rings is 1. The first-order valence-electron chi connectivity index (χ1n) is 7.80. The highest BCUT2D eigenvalue weighted by molar-refractivity contribution is 5.98. The molecule has 0 atom stereocenters. The van der Waals surface area contributed by atoms with Gasteiger partial charge >= 0.3 is 5.97 Å². The largest absolute Gasteiger partial charge is 0.450 e. The number of hydrogen-bond acceptors (Lipinski definition) is 5. The number of esters is 1. The van der Waals surface area contributed by atoms with Crippen LogP contribution in [0.3, 0.4) is 0 Å². The zero-order valence-electron chi connectivity index (χ0n) is 14.0. The van der Waals surface area contributed by atoms with Crippen molar-refractivity contribution in [2.45, 2.75) is 6.61 Å². The molecule has 0 unspecified atom stereocenters. The average Bonchev–Trinajstić information content (AvgIpc) is 2.99. The van der Waals surface area contributed by atoms with Crippen molar-refractivity contribution >= 4 is 28.5 Å². The molecule has 26 heavy (non-hydrogen) atoms. The van der Waals surface area contributed by atoms with Crippen LogP contribution < -0.4 is 5.32 Å². The lowest BCUT2D eigenvalue weighted by Gasteiger charge is -2.06. The first-order valence-corrected chi connectivity index (χ1v) is 7.80. The Morgan fingerprint density at radius 1 is 1.15 bits per heavy atom. The molecule has 0 aliphatic rings. The molecule has 0 aliphatic carbocycles. The molecule has 2 aromatic carbocycles. The van der Waals surface area contributed by atoms with Crippen molar-refractivity contribution in [3.63, 3.8) is 0 Å². The Kier molecular flexibility index (Phi) is 5.28. The van der Waals surface area contributed by atoms with Gasteiger partial charge in [0, 0.05) is 23.7 Å². The fraction of sp³-hybridized carbons (Fsp3) is 0.158.